The first-order valence-corrected chi connectivity index (χ1v) is 15.8. The van der Waals surface area contributed by atoms with Crippen molar-refractivity contribution in [3.05, 3.63) is 0 Å². The van der Waals surface area contributed by atoms with Gasteiger partial charge >= 0.3 is 55.4 Å². The van der Waals surface area contributed by atoms with Crippen LogP contribution in [0.25, 0.3) is 0 Å². The van der Waals surface area contributed by atoms with Gasteiger partial charge in [0, 0.05) is 26.4 Å². The zero-order valence-corrected chi connectivity index (χ0v) is 33.7. The van der Waals surface area contributed by atoms with E-state index in [1.54, 1.807) is 0 Å². The molecule has 0 unspecified atom stereocenters. The summed E-state index contributed by atoms with van der Waals surface area (Å²) in [5.41, 5.74) is 0. The van der Waals surface area contributed by atoms with Crippen molar-refractivity contribution in [2.45, 2.75) is 125 Å². The van der Waals surface area contributed by atoms with Crippen LogP contribution in [-0.2, 0) is 34.5 Å². The number of hydrogen-bond donors (Lipinski definition) is 0. The molecule has 0 aliphatic heterocycles. The summed E-state index contributed by atoms with van der Waals surface area (Å²) in [4.78, 5) is 0. The molecule has 0 aliphatic carbocycles. The molecule has 3 N–H and O–H groups in total. The van der Waals surface area contributed by atoms with Crippen molar-refractivity contribution in [3.8, 4) is 0 Å². The van der Waals surface area contributed by atoms with Gasteiger partial charge < -0.3 is 70.4 Å². The number of unbranched alkanes of at least 4 members (excludes halogenated alkanes) is 13. The van der Waals surface area contributed by atoms with Crippen LogP contribution >= 0.6 is 0 Å². The second kappa shape index (κ2) is 48.2. The molecule has 0 amide bonds. The maximum Gasteiger partial charge on any atom is 2.00 e. The van der Waals surface area contributed by atoms with E-state index in [2.05, 4.69) is 28.1 Å². The fraction of sp³-hybridized carbons (Fsp3) is 1.00. The van der Waals surface area contributed by atoms with Crippen LogP contribution in [0.3, 0.4) is 0 Å². The molecule has 1 radical (unpaired) electrons. The summed E-state index contributed by atoms with van der Waals surface area (Å²) in [7, 11) is 4.09. The van der Waals surface area contributed by atoms with Gasteiger partial charge in [-0.05, 0) is 40.5 Å². The summed E-state index contributed by atoms with van der Waals surface area (Å²) >= 11 is 0. The Morgan fingerprint density at radius 3 is 0.900 bits per heavy atom. The number of quaternary nitrogens is 1. The Hall–Kier alpha value is 2.31. The molecule has 0 aromatic carbocycles. The molecule has 40 heavy (non-hydrogen) atoms. The number of hydrogen-bond acceptors (Lipinski definition) is 5. The zero-order valence-electron chi connectivity index (χ0n) is 27.4. The van der Waals surface area contributed by atoms with E-state index in [0.717, 1.165) is 4.48 Å². The average molecular weight is 716 g/mol. The van der Waals surface area contributed by atoms with Crippen LogP contribution < -0.4 is 66.8 Å². The quantitative estimate of drug-likeness (QED) is 0.0599. The zero-order chi connectivity index (χ0) is 25.3. The molecule has 0 aromatic rings. The van der Waals surface area contributed by atoms with Crippen molar-refractivity contribution >= 4 is 9.05 Å². The predicted molar refractivity (Wildman–Crippen MR) is 151 cm³/mol. The first-order chi connectivity index (χ1) is 15.8. The van der Waals surface area contributed by atoms with E-state index in [1.807, 2.05) is 27.7 Å². The van der Waals surface area contributed by atoms with Crippen LogP contribution in [0.2, 0.25) is 0 Å². The van der Waals surface area contributed by atoms with E-state index in [0.29, 0.717) is 26.4 Å². The first kappa shape index (κ1) is 65.1. The third kappa shape index (κ3) is 50.0. The molecule has 0 aromatic heterocycles. The van der Waals surface area contributed by atoms with E-state index < -0.39 is 9.05 Å². The largest absolute Gasteiger partial charge is 2.00 e. The van der Waals surface area contributed by atoms with Gasteiger partial charge in [-0.3, -0.25) is 0 Å². The summed E-state index contributed by atoms with van der Waals surface area (Å²) < 4.78 is 22.8. The molecule has 0 saturated heterocycles. The Morgan fingerprint density at radius 2 is 0.700 bits per heavy atom. The molecule has 0 spiro atoms. The smallest absolute Gasteiger partial charge is 1.00 e. The molecule has 0 atom stereocenters. The van der Waals surface area contributed by atoms with Crippen molar-refractivity contribution in [2.24, 2.45) is 0 Å². The standard InChI is InChI=1S/C19H42N.C8H20O4Si.3ClH.Co.Na.2H2O/c1-5-6-7-8-9-10-11-12-13-14-15-16-17-18-19-20(2,3)4;1-5-9-13(10-6-2,11-7-3)12-8-4;;;;;;;/h5-19H2,1-4H3;5-8H2,1-4H3;3*1H;;;2*1H2/q+1;;;;;+2;+1;;/p-4. The van der Waals surface area contributed by atoms with E-state index in [1.165, 1.54) is 96.4 Å². The number of nitrogens with zero attached hydrogens (tertiary/aromatic N) is 1. The Morgan fingerprint density at radius 1 is 0.475 bits per heavy atom. The fourth-order valence-corrected chi connectivity index (χ4v) is 5.65. The number of rotatable bonds is 23. The summed E-state index contributed by atoms with van der Waals surface area (Å²) in [6.07, 6.45) is 20.4. The second-order valence-electron chi connectivity index (χ2n) is 9.84. The first-order valence-electron chi connectivity index (χ1n) is 14.2. The average Bonchev–Trinajstić information content (AvgIpc) is 2.74. The van der Waals surface area contributed by atoms with Crippen LogP contribution in [0.4, 0.5) is 0 Å². The molecule has 249 valence electrons. The third-order valence-corrected chi connectivity index (χ3v) is 8.04. The minimum atomic E-state index is -2.80. The Balaban J connectivity index is -0.0000000618. The molecule has 0 rings (SSSR count). The second-order valence-corrected chi connectivity index (χ2v) is 12.0. The molecule has 7 nitrogen and oxygen atoms in total. The molecular formula is C27H65Cl3CoNNaO6Si. The Kier molecular flexibility index (Phi) is 78.5. The normalized spacial score (nSPS) is 9.90. The van der Waals surface area contributed by atoms with Gasteiger partial charge in [-0.2, -0.15) is 0 Å². The summed E-state index contributed by atoms with van der Waals surface area (Å²) in [6, 6.07) is 0. The summed E-state index contributed by atoms with van der Waals surface area (Å²) in [6.45, 7) is 13.4. The van der Waals surface area contributed by atoms with Gasteiger partial charge in [0.25, 0.3) is 0 Å². The van der Waals surface area contributed by atoms with Gasteiger partial charge in [-0.15, -0.1) is 0 Å². The van der Waals surface area contributed by atoms with Crippen LogP contribution in [0.5, 0.6) is 0 Å². The van der Waals surface area contributed by atoms with Gasteiger partial charge in [0.15, 0.2) is 0 Å². The monoisotopic (exact) mass is 714 g/mol. The fourth-order valence-electron chi connectivity index (χ4n) is 3.74. The molecular weight excluding hydrogens is 651 g/mol. The predicted octanol–water partition coefficient (Wildman–Crippen LogP) is -5.25. The van der Waals surface area contributed by atoms with E-state index in [4.69, 9.17) is 17.7 Å². The van der Waals surface area contributed by atoms with Crippen LogP contribution in [0.1, 0.15) is 125 Å². The van der Waals surface area contributed by atoms with E-state index in [-0.39, 0.29) is 94.5 Å². The third-order valence-electron chi connectivity index (χ3n) is 5.47. The Labute approximate surface area is 302 Å². The van der Waals surface area contributed by atoms with Crippen molar-refractivity contribution in [2.75, 3.05) is 54.1 Å². The summed E-state index contributed by atoms with van der Waals surface area (Å²) in [5.74, 6) is 0. The van der Waals surface area contributed by atoms with Gasteiger partial charge in [-0.1, -0.05) is 84.0 Å². The van der Waals surface area contributed by atoms with Crippen LogP contribution in [-0.4, -0.2) is 78.6 Å². The minimum absolute atomic E-state index is 0. The maximum absolute atomic E-state index is 5.42. The molecule has 0 saturated carbocycles. The van der Waals surface area contributed by atoms with Gasteiger partial charge in [-0.25, -0.2) is 0 Å². The topological polar surface area (TPSA) is 98.4 Å². The summed E-state index contributed by atoms with van der Waals surface area (Å²) in [5, 5.41) is 0. The van der Waals surface area contributed by atoms with Gasteiger partial charge in [0.2, 0.25) is 0 Å². The van der Waals surface area contributed by atoms with Crippen molar-refractivity contribution in [3.63, 3.8) is 0 Å². The van der Waals surface area contributed by atoms with Crippen molar-refractivity contribution in [1.29, 1.82) is 0 Å². The number of halogens is 3. The van der Waals surface area contributed by atoms with Gasteiger partial charge in [0.05, 0.1) is 27.7 Å². The van der Waals surface area contributed by atoms with Crippen LogP contribution in [0, 0.1) is 0 Å². The molecule has 0 fully saturated rings. The van der Waals surface area contributed by atoms with Gasteiger partial charge in [0.1, 0.15) is 0 Å². The SMILES string of the molecule is CCCCCCCCCCCCCCCC[N+](C)(C)C.CCO[Si](OCC)(OCC)OCC.O.[Cl-].[Cl-].[Cl-].[Co+2].[Na+].[OH-]. The van der Waals surface area contributed by atoms with E-state index in [9.17, 15) is 0 Å². The minimum Gasteiger partial charge on any atom is -1.00 e. The molecule has 0 bridgehead atoms. The molecule has 0 heterocycles. The molecule has 0 aliphatic rings. The van der Waals surface area contributed by atoms with Crippen LogP contribution in [0.15, 0.2) is 0 Å². The Bertz CT molecular complexity index is 382. The van der Waals surface area contributed by atoms with E-state index >= 15 is 0 Å². The van der Waals surface area contributed by atoms with Crippen molar-refractivity contribution in [1.82, 2.24) is 0 Å². The maximum atomic E-state index is 5.42. The van der Waals surface area contributed by atoms with Crippen molar-refractivity contribution < 1.29 is 117 Å². The molecule has 13 heteroatoms.